The van der Waals surface area contributed by atoms with Gasteiger partial charge in [0.2, 0.25) is 0 Å². The number of nitrogens with one attached hydrogen (secondary N) is 1. The van der Waals surface area contributed by atoms with E-state index in [0.717, 1.165) is 63.4 Å². The van der Waals surface area contributed by atoms with Gasteiger partial charge in [-0.05, 0) is 57.0 Å². The summed E-state index contributed by atoms with van der Waals surface area (Å²) in [5, 5.41) is 4.07. The maximum Gasteiger partial charge on any atom is 0.320 e. The molecular weight excluding hydrogens is 348 g/mol. The Balaban J connectivity index is 1.40. The highest BCUT2D eigenvalue weighted by Gasteiger charge is 2.33. The van der Waals surface area contributed by atoms with Gasteiger partial charge in [0.1, 0.15) is 0 Å². The quantitative estimate of drug-likeness (QED) is 0.827. The lowest BCUT2D eigenvalue weighted by Gasteiger charge is -2.29. The molecule has 1 N–H and O–H groups in total. The highest BCUT2D eigenvalue weighted by atomic mass is 35.5. The summed E-state index contributed by atoms with van der Waals surface area (Å²) in [6, 6.07) is 9.11. The minimum Gasteiger partial charge on any atom is -0.323 e. The molecule has 2 amide bonds. The number of rotatable bonds is 6. The fraction of sp³-hybridized carbons (Fsp3) is 0.650. The third-order valence-corrected chi connectivity index (χ3v) is 6.07. The van der Waals surface area contributed by atoms with Crippen molar-refractivity contribution in [1.29, 1.82) is 0 Å². The van der Waals surface area contributed by atoms with Crippen LogP contribution < -0.4 is 5.32 Å². The molecule has 2 saturated heterocycles. The molecule has 2 aliphatic heterocycles. The molecule has 1 aromatic carbocycles. The third kappa shape index (κ3) is 4.90. The van der Waals surface area contributed by atoms with E-state index in [-0.39, 0.29) is 6.03 Å². The number of carbonyl (C=O) groups is 1. The molecule has 0 aliphatic carbocycles. The second kappa shape index (κ2) is 9.07. The van der Waals surface area contributed by atoms with Gasteiger partial charge in [-0.2, -0.15) is 0 Å². The number of amides is 2. The van der Waals surface area contributed by atoms with E-state index in [9.17, 15) is 4.79 Å². The normalized spacial score (nSPS) is 23.6. The van der Waals surface area contributed by atoms with Crippen molar-refractivity contribution in [3.63, 3.8) is 0 Å². The number of hydrogen-bond acceptors (Lipinski definition) is 3. The van der Waals surface area contributed by atoms with E-state index in [4.69, 9.17) is 11.6 Å². The Bertz CT molecular complexity index is 594. The Hall–Kier alpha value is -1.30. The molecule has 3 rings (SSSR count). The third-order valence-electron chi connectivity index (χ3n) is 5.82. The Morgan fingerprint density at radius 2 is 2.00 bits per heavy atom. The highest BCUT2D eigenvalue weighted by molar-refractivity contribution is 6.30. The second-order valence-electron chi connectivity index (χ2n) is 7.59. The molecule has 0 bridgehead atoms. The van der Waals surface area contributed by atoms with Gasteiger partial charge in [-0.15, -0.1) is 0 Å². The largest absolute Gasteiger partial charge is 0.323 e. The SMILES string of the molecule is CN[C@H]1CCN(C(=O)N(C)[C@@H]2CCN(CCCc3ccc(Cl)cc3)C2)C1. The molecule has 2 fully saturated rings. The molecule has 26 heavy (non-hydrogen) atoms. The average molecular weight is 379 g/mol. The summed E-state index contributed by atoms with van der Waals surface area (Å²) < 4.78 is 0. The maximum absolute atomic E-state index is 12.7. The van der Waals surface area contributed by atoms with E-state index in [1.807, 2.05) is 36.0 Å². The minimum atomic E-state index is 0.191. The number of likely N-dealkylation sites (N-methyl/N-ethyl adjacent to an activating group) is 2. The van der Waals surface area contributed by atoms with Crippen LogP contribution in [0.15, 0.2) is 24.3 Å². The van der Waals surface area contributed by atoms with E-state index in [2.05, 4.69) is 22.3 Å². The van der Waals surface area contributed by atoms with Crippen molar-refractivity contribution in [2.75, 3.05) is 46.8 Å². The van der Waals surface area contributed by atoms with Crippen LogP contribution in [0.1, 0.15) is 24.8 Å². The lowest BCUT2D eigenvalue weighted by atomic mass is 10.1. The first-order chi connectivity index (χ1) is 12.6. The number of likely N-dealkylation sites (tertiary alicyclic amines) is 2. The predicted molar refractivity (Wildman–Crippen MR) is 107 cm³/mol. The van der Waals surface area contributed by atoms with Gasteiger partial charge in [0.05, 0.1) is 0 Å². The summed E-state index contributed by atoms with van der Waals surface area (Å²) in [4.78, 5) is 19.2. The molecule has 0 radical (unpaired) electrons. The zero-order valence-electron chi connectivity index (χ0n) is 16.0. The van der Waals surface area contributed by atoms with Crippen molar-refractivity contribution in [2.45, 2.75) is 37.8 Å². The Morgan fingerprint density at radius 1 is 1.23 bits per heavy atom. The topological polar surface area (TPSA) is 38.8 Å². The fourth-order valence-electron chi connectivity index (χ4n) is 4.04. The van der Waals surface area contributed by atoms with E-state index < -0.39 is 0 Å². The summed E-state index contributed by atoms with van der Waals surface area (Å²) in [7, 11) is 3.94. The van der Waals surface area contributed by atoms with E-state index in [1.54, 1.807) is 0 Å². The Labute approximate surface area is 162 Å². The van der Waals surface area contributed by atoms with Crippen LogP contribution in [0.2, 0.25) is 5.02 Å². The number of halogens is 1. The molecule has 0 saturated carbocycles. The van der Waals surface area contributed by atoms with Gasteiger partial charge in [-0.25, -0.2) is 4.79 Å². The van der Waals surface area contributed by atoms with E-state index in [1.165, 1.54) is 5.56 Å². The second-order valence-corrected chi connectivity index (χ2v) is 8.02. The molecule has 2 heterocycles. The van der Waals surface area contributed by atoms with Gasteiger partial charge in [0, 0.05) is 50.3 Å². The summed E-state index contributed by atoms with van der Waals surface area (Å²) >= 11 is 5.94. The molecular formula is C20H31ClN4O. The van der Waals surface area contributed by atoms with Crippen LogP contribution in [0.3, 0.4) is 0 Å². The number of hydrogen-bond donors (Lipinski definition) is 1. The Kier molecular flexibility index (Phi) is 6.79. The number of urea groups is 1. The van der Waals surface area contributed by atoms with Gasteiger partial charge in [0.25, 0.3) is 0 Å². The van der Waals surface area contributed by atoms with Crippen LogP contribution in [0, 0.1) is 0 Å². The molecule has 2 aliphatic rings. The van der Waals surface area contributed by atoms with E-state index in [0.29, 0.717) is 12.1 Å². The highest BCUT2D eigenvalue weighted by Crippen LogP contribution is 2.19. The molecule has 0 aromatic heterocycles. The van der Waals surface area contributed by atoms with Gasteiger partial charge >= 0.3 is 6.03 Å². The van der Waals surface area contributed by atoms with E-state index >= 15 is 0 Å². The molecule has 5 nitrogen and oxygen atoms in total. The molecule has 0 spiro atoms. The van der Waals surface area contributed by atoms with Crippen molar-refractivity contribution >= 4 is 17.6 Å². The smallest absolute Gasteiger partial charge is 0.320 e. The molecule has 1 aromatic rings. The first-order valence-electron chi connectivity index (χ1n) is 9.72. The summed E-state index contributed by atoms with van der Waals surface area (Å²) in [5.41, 5.74) is 1.34. The lowest BCUT2D eigenvalue weighted by Crippen LogP contribution is -2.47. The van der Waals surface area contributed by atoms with Crippen LogP contribution >= 0.6 is 11.6 Å². The molecule has 0 unspecified atom stereocenters. The molecule has 2 atom stereocenters. The maximum atomic E-state index is 12.7. The number of nitrogens with zero attached hydrogens (tertiary/aromatic N) is 3. The summed E-state index contributed by atoms with van der Waals surface area (Å²) in [6.07, 6.45) is 4.35. The van der Waals surface area contributed by atoms with Gasteiger partial charge < -0.3 is 20.0 Å². The van der Waals surface area contributed by atoms with Crippen molar-refractivity contribution in [2.24, 2.45) is 0 Å². The van der Waals surface area contributed by atoms with Gasteiger partial charge in [-0.3, -0.25) is 0 Å². The van der Waals surface area contributed by atoms with Gasteiger partial charge in [-0.1, -0.05) is 23.7 Å². The number of carbonyl (C=O) groups excluding carboxylic acids is 1. The average Bonchev–Trinajstić information content (AvgIpc) is 3.31. The van der Waals surface area contributed by atoms with Gasteiger partial charge in [0.15, 0.2) is 0 Å². The van der Waals surface area contributed by atoms with Crippen LogP contribution in [-0.2, 0) is 6.42 Å². The number of benzene rings is 1. The first-order valence-corrected chi connectivity index (χ1v) is 10.1. The zero-order valence-corrected chi connectivity index (χ0v) is 16.7. The lowest BCUT2D eigenvalue weighted by molar-refractivity contribution is 0.154. The molecule has 6 heteroatoms. The zero-order chi connectivity index (χ0) is 18.5. The number of aryl methyl sites for hydroxylation is 1. The van der Waals surface area contributed by atoms with Crippen LogP contribution in [0.4, 0.5) is 4.79 Å². The van der Waals surface area contributed by atoms with Crippen LogP contribution in [0.25, 0.3) is 0 Å². The van der Waals surface area contributed by atoms with Crippen molar-refractivity contribution < 1.29 is 4.79 Å². The predicted octanol–water partition coefficient (Wildman–Crippen LogP) is 2.69. The Morgan fingerprint density at radius 3 is 2.69 bits per heavy atom. The summed E-state index contributed by atoms with van der Waals surface area (Å²) in [5.74, 6) is 0. The van der Waals surface area contributed by atoms with Crippen LogP contribution in [-0.4, -0.2) is 79.6 Å². The molecule has 144 valence electrons. The first kappa shape index (κ1) is 19.5. The van der Waals surface area contributed by atoms with Crippen molar-refractivity contribution in [3.8, 4) is 0 Å². The fourth-order valence-corrected chi connectivity index (χ4v) is 4.16. The summed E-state index contributed by atoms with van der Waals surface area (Å²) in [6.45, 7) is 4.87. The van der Waals surface area contributed by atoms with Crippen molar-refractivity contribution in [3.05, 3.63) is 34.9 Å². The van der Waals surface area contributed by atoms with Crippen molar-refractivity contribution in [1.82, 2.24) is 20.0 Å². The minimum absolute atomic E-state index is 0.191. The standard InChI is InChI=1S/C20H31ClN4O/c1-22-18-9-13-25(14-18)20(26)23(2)19-10-12-24(15-19)11-3-4-16-5-7-17(21)8-6-16/h5-8,18-19,22H,3-4,9-15H2,1-2H3/t18-,19+/m0/s1. The van der Waals surface area contributed by atoms with Crippen LogP contribution in [0.5, 0.6) is 0 Å². The monoisotopic (exact) mass is 378 g/mol.